The van der Waals surface area contributed by atoms with Gasteiger partial charge in [0.15, 0.2) is 0 Å². The third kappa shape index (κ3) is 11.6. The molecule has 0 spiro atoms. The third-order valence-electron chi connectivity index (χ3n) is 3.85. The molecule has 0 N–H and O–H groups in total. The van der Waals surface area contributed by atoms with Crippen molar-refractivity contribution in [3.05, 3.63) is 29.0 Å². The van der Waals surface area contributed by atoms with Crippen molar-refractivity contribution in [2.45, 2.75) is 105 Å². The minimum atomic E-state index is 1.20. The molecule has 0 aliphatic heterocycles. The molecule has 0 heterocycles. The Hall–Kier alpha value is -0.740. The van der Waals surface area contributed by atoms with Crippen molar-refractivity contribution in [1.82, 2.24) is 0 Å². The average Bonchev–Trinajstić information content (AvgIpc) is 2.50. The highest BCUT2D eigenvalue weighted by Crippen LogP contribution is 2.22. The van der Waals surface area contributed by atoms with E-state index in [-0.39, 0.29) is 0 Å². The van der Waals surface area contributed by atoms with Gasteiger partial charge in [0, 0.05) is 0 Å². The highest BCUT2D eigenvalue weighted by Gasteiger charge is 2.03. The van der Waals surface area contributed by atoms with Crippen LogP contribution >= 0.6 is 0 Å². The highest BCUT2D eigenvalue weighted by molar-refractivity contribution is 5.30. The van der Waals surface area contributed by atoms with Gasteiger partial charge in [-0.05, 0) is 55.7 Å². The first-order valence-electron chi connectivity index (χ1n) is 9.43. The normalized spacial score (nSPS) is 11.3. The Bertz CT molecular complexity index is 313. The van der Waals surface area contributed by atoms with Gasteiger partial charge in [-0.15, -0.1) is 5.73 Å². The van der Waals surface area contributed by atoms with Crippen LogP contribution in [0.4, 0.5) is 0 Å². The summed E-state index contributed by atoms with van der Waals surface area (Å²) in [5.74, 6) is 0. The Morgan fingerprint density at radius 3 is 2.10 bits per heavy atom. The lowest BCUT2D eigenvalue weighted by Crippen LogP contribution is -1.91. The number of hydrogen-bond donors (Lipinski definition) is 0. The summed E-state index contributed by atoms with van der Waals surface area (Å²) in [6.07, 6.45) is 20.0. The minimum Gasteiger partial charge on any atom is -0.121 e. The fourth-order valence-corrected chi connectivity index (χ4v) is 2.51. The number of unbranched alkanes of at least 4 members (excludes halogenated alkanes) is 6. The Balaban J connectivity index is 4.74. The second-order valence-corrected chi connectivity index (χ2v) is 6.05. The zero-order valence-corrected chi connectivity index (χ0v) is 15.1. The summed E-state index contributed by atoms with van der Waals surface area (Å²) < 4.78 is 0. The van der Waals surface area contributed by atoms with Crippen molar-refractivity contribution in [2.24, 2.45) is 0 Å². The molecule has 0 amide bonds. The third-order valence-corrected chi connectivity index (χ3v) is 3.85. The average molecular weight is 291 g/mol. The molecule has 0 aromatic heterocycles. The van der Waals surface area contributed by atoms with Gasteiger partial charge in [0.25, 0.3) is 0 Å². The maximum atomic E-state index is 3.65. The van der Waals surface area contributed by atoms with Crippen LogP contribution in [0.15, 0.2) is 29.0 Å². The fourth-order valence-electron chi connectivity index (χ4n) is 2.51. The molecule has 122 valence electrons. The molecule has 0 radical (unpaired) electrons. The Morgan fingerprint density at radius 2 is 1.48 bits per heavy atom. The van der Waals surface area contributed by atoms with E-state index in [0.717, 1.165) is 0 Å². The van der Waals surface area contributed by atoms with E-state index in [4.69, 9.17) is 0 Å². The number of rotatable bonds is 13. The molecule has 21 heavy (non-hydrogen) atoms. The standard InChI is InChI=1S/C21H38/c1-5-9-12-13-14-15-19-21(18-11-7-3)20(16-8-4)17-10-6-2/h15,17H,5-14,16,18H2,1-4H3/b20-17+. The van der Waals surface area contributed by atoms with E-state index in [0.29, 0.717) is 0 Å². The van der Waals surface area contributed by atoms with E-state index in [1.54, 1.807) is 5.57 Å². The van der Waals surface area contributed by atoms with Gasteiger partial charge in [-0.3, -0.25) is 0 Å². The predicted molar refractivity (Wildman–Crippen MR) is 97.8 cm³/mol. The summed E-state index contributed by atoms with van der Waals surface area (Å²) >= 11 is 0. The van der Waals surface area contributed by atoms with E-state index in [2.05, 4.69) is 45.6 Å². The van der Waals surface area contributed by atoms with Crippen LogP contribution in [-0.2, 0) is 0 Å². The molecule has 0 atom stereocenters. The molecule has 0 rings (SSSR count). The van der Waals surface area contributed by atoms with E-state index in [9.17, 15) is 0 Å². The van der Waals surface area contributed by atoms with Crippen LogP contribution in [0.1, 0.15) is 105 Å². The molecule has 0 bridgehead atoms. The summed E-state index contributed by atoms with van der Waals surface area (Å²) in [7, 11) is 0. The van der Waals surface area contributed by atoms with Crippen molar-refractivity contribution in [2.75, 3.05) is 0 Å². The monoisotopic (exact) mass is 290 g/mol. The van der Waals surface area contributed by atoms with Gasteiger partial charge in [-0.2, -0.15) is 0 Å². The first-order chi connectivity index (χ1) is 10.3. The van der Waals surface area contributed by atoms with Crippen molar-refractivity contribution < 1.29 is 0 Å². The van der Waals surface area contributed by atoms with Crippen molar-refractivity contribution in [3.8, 4) is 0 Å². The second kappa shape index (κ2) is 15.6. The van der Waals surface area contributed by atoms with E-state index < -0.39 is 0 Å². The first kappa shape index (κ1) is 20.3. The lowest BCUT2D eigenvalue weighted by Gasteiger charge is -2.09. The Labute approximate surface area is 134 Å². The van der Waals surface area contributed by atoms with Crippen LogP contribution in [0.25, 0.3) is 0 Å². The highest BCUT2D eigenvalue weighted by atomic mass is 14.1. The molecule has 0 heteroatoms. The summed E-state index contributed by atoms with van der Waals surface area (Å²) in [6, 6.07) is 0. The number of allylic oxidation sites excluding steroid dienone is 3. The van der Waals surface area contributed by atoms with Crippen LogP contribution in [0.5, 0.6) is 0 Å². The Kier molecular flexibility index (Phi) is 15.1. The van der Waals surface area contributed by atoms with Gasteiger partial charge >= 0.3 is 0 Å². The molecule has 0 aromatic carbocycles. The fraction of sp³-hybridized carbons (Fsp3) is 0.762. The summed E-state index contributed by atoms with van der Waals surface area (Å²) in [4.78, 5) is 0. The second-order valence-electron chi connectivity index (χ2n) is 6.05. The lowest BCUT2D eigenvalue weighted by atomic mass is 9.96. The first-order valence-corrected chi connectivity index (χ1v) is 9.43. The maximum absolute atomic E-state index is 3.65. The largest absolute Gasteiger partial charge is 0.121 e. The molecular formula is C21H38. The van der Waals surface area contributed by atoms with Crippen LogP contribution in [0.2, 0.25) is 0 Å². The maximum Gasteiger partial charge on any atom is -0.00349 e. The molecule has 0 nitrogen and oxygen atoms in total. The molecule has 0 fully saturated rings. The van der Waals surface area contributed by atoms with Crippen molar-refractivity contribution in [1.29, 1.82) is 0 Å². The van der Waals surface area contributed by atoms with E-state index in [1.165, 1.54) is 82.6 Å². The van der Waals surface area contributed by atoms with Crippen molar-refractivity contribution in [3.63, 3.8) is 0 Å². The molecule has 0 unspecified atom stereocenters. The van der Waals surface area contributed by atoms with Gasteiger partial charge in [0.05, 0.1) is 0 Å². The zero-order valence-electron chi connectivity index (χ0n) is 15.1. The minimum absolute atomic E-state index is 1.20. The van der Waals surface area contributed by atoms with Gasteiger partial charge in [0.1, 0.15) is 0 Å². The van der Waals surface area contributed by atoms with Gasteiger partial charge in [-0.25, -0.2) is 0 Å². The summed E-state index contributed by atoms with van der Waals surface area (Å²) in [5.41, 5.74) is 6.70. The Morgan fingerprint density at radius 1 is 0.714 bits per heavy atom. The van der Waals surface area contributed by atoms with E-state index >= 15 is 0 Å². The lowest BCUT2D eigenvalue weighted by molar-refractivity contribution is 0.674. The quantitative estimate of drug-likeness (QED) is 0.185. The predicted octanol–water partition coefficient (Wildman–Crippen LogP) is 7.76. The van der Waals surface area contributed by atoms with Crippen molar-refractivity contribution >= 4 is 0 Å². The SMILES string of the molecule is CCC/C=C(\CCC)C(=C=CCCCCCC)CCCC. The topological polar surface area (TPSA) is 0 Å². The van der Waals surface area contributed by atoms with Crippen LogP contribution in [0, 0.1) is 0 Å². The van der Waals surface area contributed by atoms with Gasteiger partial charge in [0.2, 0.25) is 0 Å². The van der Waals surface area contributed by atoms with Gasteiger partial charge < -0.3 is 0 Å². The van der Waals surface area contributed by atoms with E-state index in [1.807, 2.05) is 0 Å². The molecule has 0 saturated heterocycles. The molecule has 0 aliphatic rings. The smallest absolute Gasteiger partial charge is 0.00349 e. The summed E-state index contributed by atoms with van der Waals surface area (Å²) in [6.45, 7) is 9.10. The summed E-state index contributed by atoms with van der Waals surface area (Å²) in [5, 5.41) is 0. The van der Waals surface area contributed by atoms with Crippen LogP contribution in [-0.4, -0.2) is 0 Å². The molecule has 0 aromatic rings. The molecule has 0 aliphatic carbocycles. The zero-order chi connectivity index (χ0) is 15.8. The molecular weight excluding hydrogens is 252 g/mol. The van der Waals surface area contributed by atoms with Crippen LogP contribution < -0.4 is 0 Å². The molecule has 0 saturated carbocycles. The number of hydrogen-bond acceptors (Lipinski definition) is 0. The van der Waals surface area contributed by atoms with Crippen LogP contribution in [0.3, 0.4) is 0 Å². The van der Waals surface area contributed by atoms with Gasteiger partial charge in [-0.1, -0.05) is 72.3 Å².